The molecule has 0 aliphatic carbocycles. The van der Waals surface area contributed by atoms with Crippen LogP contribution in [0.25, 0.3) is 52.8 Å². The summed E-state index contributed by atoms with van der Waals surface area (Å²) in [6.07, 6.45) is 33.0. The van der Waals surface area contributed by atoms with E-state index in [-0.39, 0.29) is 0 Å². The van der Waals surface area contributed by atoms with E-state index in [1.54, 1.807) is 0 Å². The molecular formula is C47H63NS. The summed E-state index contributed by atoms with van der Waals surface area (Å²) in [6.45, 7) is 4.47. The number of rotatable bonds is 23. The summed E-state index contributed by atoms with van der Waals surface area (Å²) in [7, 11) is 0. The molecule has 0 amide bonds. The van der Waals surface area contributed by atoms with Crippen LogP contribution in [-0.4, -0.2) is 4.98 Å². The minimum atomic E-state index is 1.21. The lowest BCUT2D eigenvalue weighted by Gasteiger charge is -2.05. The lowest BCUT2D eigenvalue weighted by molar-refractivity contribution is 0.519. The summed E-state index contributed by atoms with van der Waals surface area (Å²) < 4.78 is 2.86. The number of H-pyrrole nitrogens is 1. The van der Waals surface area contributed by atoms with Crippen LogP contribution in [0.2, 0.25) is 0 Å². The summed E-state index contributed by atoms with van der Waals surface area (Å²) in [4.78, 5) is 3.74. The highest BCUT2D eigenvalue weighted by molar-refractivity contribution is 7.26. The lowest BCUT2D eigenvalue weighted by Crippen LogP contribution is -1.87. The number of unbranched alkanes of at least 4 members (excludes halogenated alkanes) is 21. The first-order valence-electron chi connectivity index (χ1n) is 20.5. The number of benzene rings is 4. The third kappa shape index (κ3) is 9.69. The molecule has 0 saturated heterocycles. The standard InChI is InChI=1S/C47H63NS/c1-3-4-5-6-7-8-9-10-11-12-13-14-15-16-17-18-19-20-21-22-23-24-25-37-27-29-39-42-32-31-41-43(47(42)49-45(39)35-37)33-30-40-38-28-26-36(2)34-44(38)48-46(40)41/h26-35,48H,3-25H2,1-2H3. The van der Waals surface area contributed by atoms with Crippen LogP contribution in [-0.2, 0) is 6.42 Å². The number of hydrogen-bond acceptors (Lipinski definition) is 1. The Kier molecular flexibility index (Phi) is 13.9. The van der Waals surface area contributed by atoms with Gasteiger partial charge in [0.25, 0.3) is 0 Å². The van der Waals surface area contributed by atoms with Gasteiger partial charge in [-0.1, -0.05) is 190 Å². The largest absolute Gasteiger partial charge is 0.354 e. The van der Waals surface area contributed by atoms with E-state index in [9.17, 15) is 0 Å². The first kappa shape index (κ1) is 36.0. The van der Waals surface area contributed by atoms with E-state index < -0.39 is 0 Å². The van der Waals surface area contributed by atoms with Gasteiger partial charge in [-0.15, -0.1) is 11.3 Å². The van der Waals surface area contributed by atoms with Crippen LogP contribution in [0.5, 0.6) is 0 Å². The number of hydrogen-bond donors (Lipinski definition) is 1. The van der Waals surface area contributed by atoms with E-state index in [2.05, 4.69) is 79.5 Å². The molecule has 2 heteroatoms. The van der Waals surface area contributed by atoms with Crippen molar-refractivity contribution in [3.8, 4) is 0 Å². The Morgan fingerprint density at radius 3 is 1.47 bits per heavy atom. The van der Waals surface area contributed by atoms with Crippen molar-refractivity contribution in [3.05, 3.63) is 71.8 Å². The quantitative estimate of drug-likeness (QED) is 0.0652. The molecule has 49 heavy (non-hydrogen) atoms. The van der Waals surface area contributed by atoms with E-state index in [1.165, 1.54) is 212 Å². The molecule has 0 aliphatic rings. The molecule has 262 valence electrons. The topological polar surface area (TPSA) is 15.8 Å². The van der Waals surface area contributed by atoms with Gasteiger partial charge in [-0.05, 0) is 43.0 Å². The first-order chi connectivity index (χ1) is 24.2. The molecule has 1 N–H and O–H groups in total. The van der Waals surface area contributed by atoms with Crippen molar-refractivity contribution in [2.75, 3.05) is 0 Å². The van der Waals surface area contributed by atoms with Crippen molar-refractivity contribution >= 4 is 64.1 Å². The number of nitrogens with one attached hydrogen (secondary N) is 1. The SMILES string of the molecule is CCCCCCCCCCCCCCCCCCCCCCCCc1ccc2c(c1)sc1c2ccc2c1ccc1c3ccc(C)cc3[nH]c12. The Bertz CT molecular complexity index is 1890. The molecule has 2 heterocycles. The van der Waals surface area contributed by atoms with Gasteiger partial charge >= 0.3 is 0 Å². The maximum absolute atomic E-state index is 3.74. The van der Waals surface area contributed by atoms with Crippen molar-refractivity contribution in [2.45, 2.75) is 162 Å². The van der Waals surface area contributed by atoms with Crippen LogP contribution in [0.4, 0.5) is 0 Å². The Labute approximate surface area is 301 Å². The average molecular weight is 674 g/mol. The highest BCUT2D eigenvalue weighted by Crippen LogP contribution is 2.41. The number of aromatic nitrogens is 1. The summed E-state index contributed by atoms with van der Waals surface area (Å²) in [5, 5.41) is 8.15. The van der Waals surface area contributed by atoms with E-state index in [1.807, 2.05) is 11.3 Å². The smallest absolute Gasteiger partial charge is 0.0545 e. The van der Waals surface area contributed by atoms with Gasteiger partial charge < -0.3 is 4.98 Å². The zero-order valence-corrected chi connectivity index (χ0v) is 31.8. The monoisotopic (exact) mass is 673 g/mol. The fraction of sp³-hybridized carbons (Fsp3) is 0.532. The summed E-state index contributed by atoms with van der Waals surface area (Å²) in [5.41, 5.74) is 5.30. The highest BCUT2D eigenvalue weighted by Gasteiger charge is 2.13. The maximum atomic E-state index is 3.74. The van der Waals surface area contributed by atoms with Gasteiger partial charge in [-0.25, -0.2) is 0 Å². The molecule has 0 spiro atoms. The van der Waals surface area contributed by atoms with Gasteiger partial charge in [0, 0.05) is 47.2 Å². The van der Waals surface area contributed by atoms with Crippen molar-refractivity contribution in [1.82, 2.24) is 4.98 Å². The number of thiophene rings is 1. The molecule has 0 bridgehead atoms. The second-order valence-corrected chi connectivity index (χ2v) is 16.4. The van der Waals surface area contributed by atoms with Gasteiger partial charge in [0.1, 0.15) is 0 Å². The lowest BCUT2D eigenvalue weighted by atomic mass is 10.0. The van der Waals surface area contributed by atoms with Crippen LogP contribution in [0.3, 0.4) is 0 Å². The molecule has 6 aromatic rings. The van der Waals surface area contributed by atoms with Gasteiger partial charge in [0.05, 0.1) is 5.52 Å². The van der Waals surface area contributed by atoms with Gasteiger partial charge in [-0.3, -0.25) is 0 Å². The highest BCUT2D eigenvalue weighted by atomic mass is 32.1. The van der Waals surface area contributed by atoms with Crippen LogP contribution < -0.4 is 0 Å². The number of fused-ring (bicyclic) bond motifs is 9. The molecule has 0 aliphatic heterocycles. The molecule has 0 saturated carbocycles. The minimum absolute atomic E-state index is 1.21. The normalized spacial score (nSPS) is 12.1. The Morgan fingerprint density at radius 2 is 0.898 bits per heavy atom. The molecule has 2 aromatic heterocycles. The van der Waals surface area contributed by atoms with E-state index in [0.717, 1.165) is 0 Å². The predicted octanol–water partition coefficient (Wildman–Crippen LogP) is 16.3. The van der Waals surface area contributed by atoms with E-state index >= 15 is 0 Å². The fourth-order valence-corrected chi connectivity index (χ4v) is 9.56. The van der Waals surface area contributed by atoms with Crippen molar-refractivity contribution < 1.29 is 0 Å². The van der Waals surface area contributed by atoms with Crippen molar-refractivity contribution in [1.29, 1.82) is 0 Å². The molecule has 6 rings (SSSR count). The molecule has 0 unspecified atom stereocenters. The third-order valence-electron chi connectivity index (χ3n) is 11.2. The zero-order chi connectivity index (χ0) is 33.7. The van der Waals surface area contributed by atoms with E-state index in [0.29, 0.717) is 0 Å². The van der Waals surface area contributed by atoms with E-state index in [4.69, 9.17) is 0 Å². The van der Waals surface area contributed by atoms with Crippen molar-refractivity contribution in [3.63, 3.8) is 0 Å². The molecule has 4 aromatic carbocycles. The Hall–Kier alpha value is -2.84. The van der Waals surface area contributed by atoms with Gasteiger partial charge in [0.2, 0.25) is 0 Å². The van der Waals surface area contributed by atoms with Crippen LogP contribution in [0, 0.1) is 6.92 Å². The second kappa shape index (κ2) is 19.0. The number of aromatic amines is 1. The average Bonchev–Trinajstić information content (AvgIpc) is 3.68. The summed E-state index contributed by atoms with van der Waals surface area (Å²) >= 11 is 1.98. The Morgan fingerprint density at radius 1 is 0.449 bits per heavy atom. The minimum Gasteiger partial charge on any atom is -0.354 e. The van der Waals surface area contributed by atoms with Crippen molar-refractivity contribution in [2.24, 2.45) is 0 Å². The summed E-state index contributed by atoms with van der Waals surface area (Å²) in [6, 6.07) is 23.4. The van der Waals surface area contributed by atoms with Gasteiger partial charge in [0.15, 0.2) is 0 Å². The van der Waals surface area contributed by atoms with Crippen LogP contribution in [0.1, 0.15) is 159 Å². The molecule has 1 nitrogen and oxygen atoms in total. The maximum Gasteiger partial charge on any atom is 0.0545 e. The molecule has 0 atom stereocenters. The summed E-state index contributed by atoms with van der Waals surface area (Å²) in [5.74, 6) is 0. The second-order valence-electron chi connectivity index (χ2n) is 15.3. The zero-order valence-electron chi connectivity index (χ0n) is 30.9. The van der Waals surface area contributed by atoms with Gasteiger partial charge in [-0.2, -0.15) is 0 Å². The third-order valence-corrected chi connectivity index (χ3v) is 12.4. The first-order valence-corrected chi connectivity index (χ1v) is 21.3. The molecule has 0 fully saturated rings. The van der Waals surface area contributed by atoms with Crippen LogP contribution >= 0.6 is 11.3 Å². The molecular weight excluding hydrogens is 611 g/mol. The molecule has 0 radical (unpaired) electrons. The fourth-order valence-electron chi connectivity index (χ4n) is 8.27. The van der Waals surface area contributed by atoms with Crippen LogP contribution in [0.15, 0.2) is 60.7 Å². The number of aryl methyl sites for hydroxylation is 2. The Balaban J connectivity index is 0.839. The predicted molar refractivity (Wildman–Crippen MR) is 222 cm³/mol.